The zero-order valence-corrected chi connectivity index (χ0v) is 13.9. The van der Waals surface area contributed by atoms with E-state index < -0.39 is 12.0 Å². The van der Waals surface area contributed by atoms with Gasteiger partial charge < -0.3 is 10.1 Å². The van der Waals surface area contributed by atoms with Gasteiger partial charge in [0.15, 0.2) is 0 Å². The van der Waals surface area contributed by atoms with Crippen molar-refractivity contribution in [2.45, 2.75) is 44.2 Å². The van der Waals surface area contributed by atoms with E-state index in [2.05, 4.69) is 20.3 Å². The van der Waals surface area contributed by atoms with E-state index >= 15 is 0 Å². The molecule has 25 heavy (non-hydrogen) atoms. The van der Waals surface area contributed by atoms with Crippen molar-refractivity contribution in [2.75, 3.05) is 5.32 Å². The van der Waals surface area contributed by atoms with Gasteiger partial charge in [-0.15, -0.1) is 0 Å². The summed E-state index contributed by atoms with van der Waals surface area (Å²) in [6.45, 7) is 0. The Balaban J connectivity index is 1.75. The topological polar surface area (TPSA) is 101 Å². The minimum Gasteiger partial charge on any atom is -0.458 e. The summed E-state index contributed by atoms with van der Waals surface area (Å²) in [7, 11) is 0. The van der Waals surface area contributed by atoms with Gasteiger partial charge in [0.1, 0.15) is 23.7 Å². The van der Waals surface area contributed by atoms with Gasteiger partial charge in [-0.05, 0) is 37.3 Å². The van der Waals surface area contributed by atoms with Crippen LogP contribution in [-0.2, 0) is 9.53 Å². The van der Waals surface area contributed by atoms with Crippen molar-refractivity contribution in [3.8, 4) is 0 Å². The van der Waals surface area contributed by atoms with E-state index in [1.54, 1.807) is 37.1 Å². The number of carbonyl (C=O) groups excluding carboxylic acids is 1. The number of nitrogens with zero attached hydrogens (tertiary/aromatic N) is 3. The molecule has 0 radical (unpaired) electrons. The highest BCUT2D eigenvalue weighted by Gasteiger charge is 2.27. The first kappa shape index (κ1) is 17.0. The number of anilines is 1. The fraction of sp³-hybridized carbons (Fsp3) is 0.389. The lowest BCUT2D eigenvalue weighted by Gasteiger charge is -2.24. The molecule has 130 valence electrons. The summed E-state index contributed by atoms with van der Waals surface area (Å²) in [4.78, 5) is 24.7. The van der Waals surface area contributed by atoms with Crippen LogP contribution >= 0.6 is 0 Å². The Hall–Kier alpha value is -2.83. The monoisotopic (exact) mass is 339 g/mol. The first-order valence-electron chi connectivity index (χ1n) is 8.46. The lowest BCUT2D eigenvalue weighted by molar-refractivity contribution is -0.142. The molecule has 0 saturated heterocycles. The van der Waals surface area contributed by atoms with Gasteiger partial charge in [-0.1, -0.05) is 12.5 Å². The van der Waals surface area contributed by atoms with Crippen molar-refractivity contribution < 1.29 is 9.53 Å². The Kier molecular flexibility index (Phi) is 5.66. The molecule has 7 nitrogen and oxygen atoms in total. The van der Waals surface area contributed by atoms with E-state index in [0.717, 1.165) is 25.7 Å². The summed E-state index contributed by atoms with van der Waals surface area (Å²) in [6, 6.07) is 2.88. The van der Waals surface area contributed by atoms with Crippen LogP contribution in [0.1, 0.15) is 43.7 Å². The quantitative estimate of drug-likeness (QED) is 0.620. The van der Waals surface area contributed by atoms with Crippen LogP contribution in [0.5, 0.6) is 0 Å². The second kappa shape index (κ2) is 8.32. The third kappa shape index (κ3) is 4.59. The predicted octanol–water partition coefficient (Wildman–Crippen LogP) is 2.92. The first-order chi connectivity index (χ1) is 12.2. The van der Waals surface area contributed by atoms with Gasteiger partial charge in [0, 0.05) is 24.8 Å². The molecule has 0 bridgehead atoms. The van der Waals surface area contributed by atoms with Crippen molar-refractivity contribution in [1.29, 1.82) is 5.41 Å². The Morgan fingerprint density at radius 1 is 1.16 bits per heavy atom. The van der Waals surface area contributed by atoms with E-state index in [9.17, 15) is 4.79 Å². The normalized spacial score (nSPS) is 16.0. The number of hydrogen-bond acceptors (Lipinski definition) is 7. The molecule has 1 atom stereocenters. The van der Waals surface area contributed by atoms with Crippen LogP contribution in [0.3, 0.4) is 0 Å². The lowest BCUT2D eigenvalue weighted by Crippen LogP contribution is -2.32. The van der Waals surface area contributed by atoms with Crippen LogP contribution in [0.25, 0.3) is 0 Å². The van der Waals surface area contributed by atoms with Crippen molar-refractivity contribution >= 4 is 17.5 Å². The molecule has 0 amide bonds. The van der Waals surface area contributed by atoms with Crippen molar-refractivity contribution in [2.24, 2.45) is 0 Å². The second-order valence-corrected chi connectivity index (χ2v) is 6.03. The summed E-state index contributed by atoms with van der Waals surface area (Å²) < 4.78 is 5.53. The van der Waals surface area contributed by atoms with Crippen LogP contribution in [0.15, 0.2) is 43.1 Å². The third-order valence-electron chi connectivity index (χ3n) is 4.21. The Morgan fingerprint density at radius 2 is 1.96 bits per heavy atom. The number of pyridine rings is 1. The molecule has 1 aliphatic rings. The molecule has 0 aliphatic heterocycles. The van der Waals surface area contributed by atoms with Crippen LogP contribution in [-0.4, -0.2) is 32.7 Å². The molecule has 1 aliphatic carbocycles. The summed E-state index contributed by atoms with van der Waals surface area (Å²) in [5.74, 6) is -0.122. The highest BCUT2D eigenvalue weighted by Crippen LogP contribution is 2.23. The maximum Gasteiger partial charge on any atom is 0.354 e. The van der Waals surface area contributed by atoms with Gasteiger partial charge in [-0.25, -0.2) is 9.78 Å². The molecule has 0 aromatic carbocycles. The average molecular weight is 339 g/mol. The maximum absolute atomic E-state index is 12.5. The van der Waals surface area contributed by atoms with Gasteiger partial charge in [0.2, 0.25) is 0 Å². The molecule has 2 aromatic heterocycles. The van der Waals surface area contributed by atoms with E-state index in [1.165, 1.54) is 6.42 Å². The van der Waals surface area contributed by atoms with Crippen LogP contribution in [0.4, 0.5) is 5.82 Å². The smallest absolute Gasteiger partial charge is 0.354 e. The Bertz CT molecular complexity index is 702. The van der Waals surface area contributed by atoms with Crippen LogP contribution in [0.2, 0.25) is 0 Å². The average Bonchev–Trinajstić information content (AvgIpc) is 2.68. The number of ether oxygens (including phenoxy) is 1. The third-order valence-corrected chi connectivity index (χ3v) is 4.21. The van der Waals surface area contributed by atoms with Gasteiger partial charge in [0.05, 0.1) is 6.20 Å². The molecule has 2 aromatic rings. The molecular weight excluding hydrogens is 318 g/mol. The Labute approximate surface area is 146 Å². The van der Waals surface area contributed by atoms with Crippen LogP contribution in [0, 0.1) is 5.41 Å². The molecule has 2 heterocycles. The summed E-state index contributed by atoms with van der Waals surface area (Å²) in [5, 5.41) is 11.4. The zero-order valence-electron chi connectivity index (χ0n) is 13.9. The van der Waals surface area contributed by atoms with Gasteiger partial charge >= 0.3 is 5.97 Å². The number of rotatable bonds is 6. The van der Waals surface area contributed by atoms with E-state index in [4.69, 9.17) is 10.1 Å². The molecule has 7 heteroatoms. The fourth-order valence-electron chi connectivity index (χ4n) is 2.91. The van der Waals surface area contributed by atoms with Crippen LogP contribution < -0.4 is 5.32 Å². The molecular formula is C18H21N5O2. The minimum atomic E-state index is -0.693. The summed E-state index contributed by atoms with van der Waals surface area (Å²) >= 11 is 0. The molecule has 1 unspecified atom stereocenters. The fourth-order valence-corrected chi connectivity index (χ4v) is 2.91. The van der Waals surface area contributed by atoms with Gasteiger partial charge in [-0.3, -0.25) is 15.4 Å². The van der Waals surface area contributed by atoms with Gasteiger partial charge in [-0.2, -0.15) is 0 Å². The van der Waals surface area contributed by atoms with E-state index in [-0.39, 0.29) is 11.8 Å². The molecule has 1 fully saturated rings. The Morgan fingerprint density at radius 3 is 2.64 bits per heavy atom. The van der Waals surface area contributed by atoms with E-state index in [1.807, 2.05) is 6.07 Å². The second-order valence-electron chi connectivity index (χ2n) is 6.03. The standard InChI is InChI=1S/C18H21N5O2/c19-16(18(24)25-14-6-2-1-3-7-14)17(13-5-4-8-20-11-13)23-15-12-21-9-10-22-15/h4-5,8-12,14,17,19H,1-3,6-7H2,(H,22,23). The van der Waals surface area contributed by atoms with Crippen molar-refractivity contribution in [3.05, 3.63) is 48.7 Å². The zero-order chi connectivity index (χ0) is 17.5. The molecule has 1 saturated carbocycles. The predicted molar refractivity (Wildman–Crippen MR) is 93.3 cm³/mol. The summed E-state index contributed by atoms with van der Waals surface area (Å²) in [6.07, 6.45) is 12.9. The number of aromatic nitrogens is 3. The van der Waals surface area contributed by atoms with Gasteiger partial charge in [0.25, 0.3) is 0 Å². The van der Waals surface area contributed by atoms with E-state index in [0.29, 0.717) is 11.4 Å². The number of esters is 1. The lowest BCUT2D eigenvalue weighted by atomic mass is 9.97. The maximum atomic E-state index is 12.5. The molecule has 3 rings (SSSR count). The number of carbonyl (C=O) groups is 1. The minimum absolute atomic E-state index is 0.0901. The van der Waals surface area contributed by atoms with Crippen molar-refractivity contribution in [3.63, 3.8) is 0 Å². The largest absolute Gasteiger partial charge is 0.458 e. The number of hydrogen-bond donors (Lipinski definition) is 2. The summed E-state index contributed by atoms with van der Waals surface area (Å²) in [5.41, 5.74) is 0.531. The number of nitrogens with one attached hydrogen (secondary N) is 2. The first-order valence-corrected chi connectivity index (χ1v) is 8.46. The highest BCUT2D eigenvalue weighted by molar-refractivity contribution is 6.37. The highest BCUT2D eigenvalue weighted by atomic mass is 16.5. The molecule has 0 spiro atoms. The van der Waals surface area contributed by atoms with Crippen molar-refractivity contribution in [1.82, 2.24) is 15.0 Å². The molecule has 2 N–H and O–H groups in total. The SMILES string of the molecule is N=C(C(=O)OC1CCCCC1)C(Nc1cnccn1)c1cccnc1.